The summed E-state index contributed by atoms with van der Waals surface area (Å²) in [5, 5.41) is 8.35. The number of ether oxygens (including phenoxy) is 1. The maximum absolute atomic E-state index is 8.35. The molecule has 2 unspecified atom stereocenters. The van der Waals surface area contributed by atoms with Crippen molar-refractivity contribution in [3.05, 3.63) is 0 Å². The van der Waals surface area contributed by atoms with Gasteiger partial charge in [-0.25, -0.2) is 10.1 Å². The first-order chi connectivity index (χ1) is 6.74. The fourth-order valence-electron chi connectivity index (χ4n) is 1.19. The second kappa shape index (κ2) is 11.0. The molecular formula is C11H26O3. The Morgan fingerprint density at radius 3 is 1.93 bits per heavy atom. The molecule has 1 N–H and O–H groups in total. The van der Waals surface area contributed by atoms with E-state index in [0.29, 0.717) is 5.92 Å². The van der Waals surface area contributed by atoms with Gasteiger partial charge in [0, 0.05) is 5.92 Å². The molecule has 0 aromatic rings. The van der Waals surface area contributed by atoms with E-state index in [0.717, 1.165) is 12.8 Å². The Morgan fingerprint density at radius 2 is 1.57 bits per heavy atom. The van der Waals surface area contributed by atoms with Crippen LogP contribution in [0.15, 0.2) is 0 Å². The van der Waals surface area contributed by atoms with Gasteiger partial charge in [-0.3, -0.25) is 0 Å². The molecule has 0 bridgehead atoms. The van der Waals surface area contributed by atoms with E-state index in [9.17, 15) is 0 Å². The van der Waals surface area contributed by atoms with E-state index in [1.165, 1.54) is 0 Å². The highest BCUT2D eigenvalue weighted by molar-refractivity contribution is 4.67. The van der Waals surface area contributed by atoms with Crippen LogP contribution in [0.2, 0.25) is 0 Å². The third-order valence-corrected chi connectivity index (χ3v) is 1.96. The zero-order valence-corrected chi connectivity index (χ0v) is 10.4. The number of rotatable bonds is 1. The molecule has 3 atom stereocenters. The fourth-order valence-corrected chi connectivity index (χ4v) is 1.19. The summed E-state index contributed by atoms with van der Waals surface area (Å²) in [4.78, 5) is 4.15. The van der Waals surface area contributed by atoms with E-state index in [-0.39, 0.29) is 6.10 Å². The molecule has 1 heterocycles. The molecule has 0 radical (unpaired) electrons. The minimum atomic E-state index is -0.413. The largest absolute Gasteiger partial charge is 0.346 e. The Bertz CT molecular complexity index is 107. The Kier molecular flexibility index (Phi) is 12.8. The van der Waals surface area contributed by atoms with Crippen molar-refractivity contribution in [3.8, 4) is 0 Å². The van der Waals surface area contributed by atoms with Gasteiger partial charge >= 0.3 is 0 Å². The lowest BCUT2D eigenvalue weighted by Gasteiger charge is -2.30. The van der Waals surface area contributed by atoms with E-state index in [1.807, 2.05) is 41.5 Å². The lowest BCUT2D eigenvalue weighted by Crippen LogP contribution is -2.33. The average molecular weight is 206 g/mol. The van der Waals surface area contributed by atoms with Crippen molar-refractivity contribution in [1.29, 1.82) is 0 Å². The van der Waals surface area contributed by atoms with Crippen molar-refractivity contribution in [3.63, 3.8) is 0 Å². The zero-order chi connectivity index (χ0) is 11.6. The molecule has 3 heteroatoms. The van der Waals surface area contributed by atoms with Crippen molar-refractivity contribution < 1.29 is 14.9 Å². The van der Waals surface area contributed by atoms with Crippen molar-refractivity contribution in [2.45, 2.75) is 66.8 Å². The first kappa shape index (κ1) is 16.3. The highest BCUT2D eigenvalue weighted by Gasteiger charge is 2.26. The Labute approximate surface area is 88.3 Å². The van der Waals surface area contributed by atoms with E-state index < -0.39 is 6.29 Å². The maximum atomic E-state index is 8.35. The monoisotopic (exact) mass is 206 g/mol. The van der Waals surface area contributed by atoms with Gasteiger partial charge in [-0.15, -0.1) is 0 Å². The van der Waals surface area contributed by atoms with Gasteiger partial charge in [0.25, 0.3) is 0 Å². The molecule has 0 spiro atoms. The van der Waals surface area contributed by atoms with Crippen LogP contribution in [0.25, 0.3) is 0 Å². The van der Waals surface area contributed by atoms with Gasteiger partial charge in [-0.05, 0) is 19.8 Å². The minimum Gasteiger partial charge on any atom is -0.346 e. The molecule has 14 heavy (non-hydrogen) atoms. The van der Waals surface area contributed by atoms with E-state index in [2.05, 4.69) is 4.89 Å². The predicted molar refractivity (Wildman–Crippen MR) is 59.1 cm³/mol. The highest BCUT2D eigenvalue weighted by atomic mass is 17.1. The third kappa shape index (κ3) is 6.35. The molecule has 0 aliphatic carbocycles. The van der Waals surface area contributed by atoms with E-state index in [1.54, 1.807) is 0 Å². The predicted octanol–water partition coefficient (Wildman–Crippen LogP) is 3.69. The van der Waals surface area contributed by atoms with Crippen LogP contribution in [0.1, 0.15) is 54.4 Å². The number of hydrogen-bond donors (Lipinski definition) is 1. The van der Waals surface area contributed by atoms with Gasteiger partial charge in [-0.2, -0.15) is 0 Å². The second-order valence-electron chi connectivity index (χ2n) is 2.98. The maximum Gasteiger partial charge on any atom is 0.193 e. The van der Waals surface area contributed by atoms with Crippen LogP contribution in [-0.2, 0) is 9.62 Å². The first-order valence-corrected chi connectivity index (χ1v) is 5.69. The molecular weight excluding hydrogens is 180 g/mol. The van der Waals surface area contributed by atoms with Crippen molar-refractivity contribution >= 4 is 0 Å². The van der Waals surface area contributed by atoms with E-state index >= 15 is 0 Å². The normalized spacial score (nSPS) is 30.6. The molecule has 1 aliphatic heterocycles. The first-order valence-electron chi connectivity index (χ1n) is 5.69. The Hall–Kier alpha value is -0.120. The summed E-state index contributed by atoms with van der Waals surface area (Å²) < 4.78 is 5.28. The molecule has 0 aromatic carbocycles. The molecule has 1 saturated heterocycles. The van der Waals surface area contributed by atoms with Gasteiger partial charge in [0.05, 0.1) is 6.10 Å². The quantitative estimate of drug-likeness (QED) is 0.525. The van der Waals surface area contributed by atoms with Crippen molar-refractivity contribution in [2.24, 2.45) is 5.92 Å². The molecule has 0 amide bonds. The van der Waals surface area contributed by atoms with Gasteiger partial charge in [0.2, 0.25) is 0 Å². The lowest BCUT2D eigenvalue weighted by molar-refractivity contribution is -0.374. The van der Waals surface area contributed by atoms with Gasteiger partial charge < -0.3 is 4.74 Å². The van der Waals surface area contributed by atoms with Gasteiger partial charge in [0.15, 0.2) is 6.29 Å². The van der Waals surface area contributed by atoms with Crippen LogP contribution in [-0.4, -0.2) is 17.7 Å². The molecule has 1 rings (SSSR count). The summed E-state index contributed by atoms with van der Waals surface area (Å²) in [6.45, 7) is 12.0. The van der Waals surface area contributed by atoms with E-state index in [4.69, 9.17) is 9.99 Å². The molecule has 88 valence electrons. The van der Waals surface area contributed by atoms with Crippen LogP contribution in [0.3, 0.4) is 0 Å². The summed E-state index contributed by atoms with van der Waals surface area (Å²) in [7, 11) is 0. The summed E-state index contributed by atoms with van der Waals surface area (Å²) in [6, 6.07) is 0. The molecule has 0 saturated carbocycles. The Morgan fingerprint density at radius 1 is 1.07 bits per heavy atom. The minimum absolute atomic E-state index is 0.216. The molecule has 3 nitrogen and oxygen atoms in total. The summed E-state index contributed by atoms with van der Waals surface area (Å²) >= 11 is 0. The van der Waals surface area contributed by atoms with Crippen LogP contribution in [0.4, 0.5) is 0 Å². The smallest absolute Gasteiger partial charge is 0.193 e. The number of hydrogen-bond acceptors (Lipinski definition) is 3. The average Bonchev–Trinajstić information content (AvgIpc) is 2.27. The zero-order valence-electron chi connectivity index (χ0n) is 10.4. The van der Waals surface area contributed by atoms with Gasteiger partial charge in [-0.1, -0.05) is 34.6 Å². The van der Waals surface area contributed by atoms with Crippen LogP contribution < -0.4 is 0 Å². The highest BCUT2D eigenvalue weighted by Crippen LogP contribution is 2.24. The SMILES string of the molecule is CC.CC.CC1CC[C@H](C)C(OO)O1. The fraction of sp³-hybridized carbons (Fsp3) is 1.00. The van der Waals surface area contributed by atoms with Crippen LogP contribution in [0.5, 0.6) is 0 Å². The summed E-state index contributed by atoms with van der Waals surface area (Å²) in [5.74, 6) is 0.307. The molecule has 1 fully saturated rings. The van der Waals surface area contributed by atoms with Crippen molar-refractivity contribution in [2.75, 3.05) is 0 Å². The van der Waals surface area contributed by atoms with Crippen molar-refractivity contribution in [1.82, 2.24) is 0 Å². The second-order valence-corrected chi connectivity index (χ2v) is 2.98. The standard InChI is InChI=1S/C7H14O3.2C2H6/c1-5-3-4-6(2)9-7(5)10-8;2*1-2/h5-8H,3-4H2,1-2H3;2*1-2H3/t5-,6?,7?;;/m0../s1. The molecule has 0 aromatic heterocycles. The van der Waals surface area contributed by atoms with Gasteiger partial charge in [0.1, 0.15) is 0 Å². The lowest BCUT2D eigenvalue weighted by atomic mass is 10.00. The summed E-state index contributed by atoms with van der Waals surface area (Å²) in [5.41, 5.74) is 0. The Balaban J connectivity index is 0. The summed E-state index contributed by atoms with van der Waals surface area (Å²) in [6.07, 6.45) is 1.92. The van der Waals surface area contributed by atoms with Crippen LogP contribution in [0, 0.1) is 5.92 Å². The van der Waals surface area contributed by atoms with Crippen LogP contribution >= 0.6 is 0 Å². The third-order valence-electron chi connectivity index (χ3n) is 1.96. The topological polar surface area (TPSA) is 38.7 Å². The molecule has 1 aliphatic rings.